The highest BCUT2D eigenvalue weighted by Gasteiger charge is 2.16. The molecule has 2 aromatic rings. The zero-order valence-corrected chi connectivity index (χ0v) is 13.8. The van der Waals surface area contributed by atoms with Gasteiger partial charge in [-0.05, 0) is 24.6 Å². The number of carbonyl (C=O) groups is 1. The van der Waals surface area contributed by atoms with Gasteiger partial charge in [0.2, 0.25) is 5.91 Å². The van der Waals surface area contributed by atoms with Crippen molar-refractivity contribution in [3.63, 3.8) is 0 Å². The number of thioether (sulfide) groups is 1. The van der Waals surface area contributed by atoms with Crippen molar-refractivity contribution in [1.29, 1.82) is 0 Å². The van der Waals surface area contributed by atoms with Crippen molar-refractivity contribution in [2.75, 3.05) is 5.32 Å². The highest BCUT2D eigenvalue weighted by Crippen LogP contribution is 2.30. The second-order valence-corrected chi connectivity index (χ2v) is 6.67. The molecule has 0 aliphatic rings. The SMILES string of the molecule is CC(SCc1ccccc1)C(=O)Nc1c(Cl)cccc1Cl. The van der Waals surface area contributed by atoms with Crippen LogP contribution < -0.4 is 5.32 Å². The third-order valence-electron chi connectivity index (χ3n) is 2.92. The molecule has 2 nitrogen and oxygen atoms in total. The van der Waals surface area contributed by atoms with E-state index in [1.54, 1.807) is 30.0 Å². The van der Waals surface area contributed by atoms with Gasteiger partial charge in [-0.15, -0.1) is 11.8 Å². The Morgan fingerprint density at radius 2 is 1.71 bits per heavy atom. The summed E-state index contributed by atoms with van der Waals surface area (Å²) in [6, 6.07) is 15.2. The van der Waals surface area contributed by atoms with E-state index in [1.165, 1.54) is 5.56 Å². The normalized spacial score (nSPS) is 12.0. The molecule has 5 heteroatoms. The van der Waals surface area contributed by atoms with Gasteiger partial charge in [0.25, 0.3) is 0 Å². The first kappa shape index (κ1) is 16.2. The van der Waals surface area contributed by atoms with E-state index < -0.39 is 0 Å². The summed E-state index contributed by atoms with van der Waals surface area (Å²) in [4.78, 5) is 12.2. The van der Waals surface area contributed by atoms with E-state index in [9.17, 15) is 4.79 Å². The first-order valence-corrected chi connectivity index (χ1v) is 8.29. The van der Waals surface area contributed by atoms with Crippen LogP contribution in [-0.2, 0) is 10.5 Å². The zero-order valence-electron chi connectivity index (χ0n) is 11.5. The molecule has 0 saturated heterocycles. The Bertz CT molecular complexity index is 599. The molecule has 0 spiro atoms. The van der Waals surface area contributed by atoms with Crippen LogP contribution in [0.2, 0.25) is 10.0 Å². The zero-order chi connectivity index (χ0) is 15.2. The van der Waals surface area contributed by atoms with E-state index in [1.807, 2.05) is 37.3 Å². The Hall–Kier alpha value is -1.16. The molecular weight excluding hydrogens is 325 g/mol. The molecule has 0 radical (unpaired) electrons. The molecule has 0 saturated carbocycles. The van der Waals surface area contributed by atoms with Gasteiger partial charge < -0.3 is 5.32 Å². The topological polar surface area (TPSA) is 29.1 Å². The van der Waals surface area contributed by atoms with Crippen LogP contribution in [0.5, 0.6) is 0 Å². The third kappa shape index (κ3) is 4.67. The van der Waals surface area contributed by atoms with E-state index in [0.717, 1.165) is 5.75 Å². The standard InChI is InChI=1S/C16H15Cl2NOS/c1-11(21-10-12-6-3-2-4-7-12)16(20)19-15-13(17)8-5-9-14(15)18/h2-9,11H,10H2,1H3,(H,19,20). The summed E-state index contributed by atoms with van der Waals surface area (Å²) < 4.78 is 0. The molecule has 0 aliphatic heterocycles. The summed E-state index contributed by atoms with van der Waals surface area (Å²) in [5, 5.41) is 3.48. The van der Waals surface area contributed by atoms with E-state index in [0.29, 0.717) is 15.7 Å². The fourth-order valence-corrected chi connectivity index (χ4v) is 3.05. The van der Waals surface area contributed by atoms with Gasteiger partial charge in [-0.2, -0.15) is 0 Å². The lowest BCUT2D eigenvalue weighted by molar-refractivity contribution is -0.115. The van der Waals surface area contributed by atoms with Crippen molar-refractivity contribution in [3.05, 3.63) is 64.1 Å². The maximum atomic E-state index is 12.2. The number of benzene rings is 2. The minimum Gasteiger partial charge on any atom is -0.323 e. The number of rotatable bonds is 5. The van der Waals surface area contributed by atoms with Crippen LogP contribution in [0.25, 0.3) is 0 Å². The number of para-hydroxylation sites is 1. The van der Waals surface area contributed by atoms with Crippen LogP contribution in [0.4, 0.5) is 5.69 Å². The number of hydrogen-bond donors (Lipinski definition) is 1. The van der Waals surface area contributed by atoms with Gasteiger partial charge >= 0.3 is 0 Å². The number of nitrogens with one attached hydrogen (secondary N) is 1. The lowest BCUT2D eigenvalue weighted by atomic mass is 10.2. The number of halogens is 2. The summed E-state index contributed by atoms with van der Waals surface area (Å²) in [7, 11) is 0. The van der Waals surface area contributed by atoms with Gasteiger partial charge in [0.1, 0.15) is 0 Å². The molecule has 110 valence electrons. The fourth-order valence-electron chi connectivity index (χ4n) is 1.71. The van der Waals surface area contributed by atoms with Gasteiger partial charge in [-0.25, -0.2) is 0 Å². The smallest absolute Gasteiger partial charge is 0.237 e. The van der Waals surface area contributed by atoms with Crippen LogP contribution in [0.1, 0.15) is 12.5 Å². The second kappa shape index (κ2) is 7.74. The van der Waals surface area contributed by atoms with E-state index in [-0.39, 0.29) is 11.2 Å². The number of carbonyl (C=O) groups excluding carboxylic acids is 1. The molecule has 0 heterocycles. The van der Waals surface area contributed by atoms with Crippen LogP contribution in [0.3, 0.4) is 0 Å². The minimum absolute atomic E-state index is 0.106. The molecule has 2 rings (SSSR count). The average molecular weight is 340 g/mol. The molecule has 0 bridgehead atoms. The first-order chi connectivity index (χ1) is 10.1. The molecule has 0 aliphatic carbocycles. The Morgan fingerprint density at radius 1 is 1.10 bits per heavy atom. The highest BCUT2D eigenvalue weighted by molar-refractivity contribution is 7.99. The van der Waals surface area contributed by atoms with Gasteiger partial charge in [-0.3, -0.25) is 4.79 Å². The first-order valence-electron chi connectivity index (χ1n) is 6.48. The largest absolute Gasteiger partial charge is 0.323 e. The molecule has 0 fully saturated rings. The molecular formula is C16H15Cl2NOS. The van der Waals surface area contributed by atoms with E-state index in [2.05, 4.69) is 5.32 Å². The van der Waals surface area contributed by atoms with Crippen molar-refractivity contribution in [1.82, 2.24) is 0 Å². The van der Waals surface area contributed by atoms with Crippen LogP contribution in [0, 0.1) is 0 Å². The highest BCUT2D eigenvalue weighted by atomic mass is 35.5. The van der Waals surface area contributed by atoms with Crippen molar-refractivity contribution >= 4 is 46.6 Å². The van der Waals surface area contributed by atoms with E-state index >= 15 is 0 Å². The lowest BCUT2D eigenvalue weighted by Crippen LogP contribution is -2.23. The molecule has 1 amide bonds. The van der Waals surface area contributed by atoms with Gasteiger partial charge in [0.15, 0.2) is 0 Å². The number of hydrogen-bond acceptors (Lipinski definition) is 2. The monoisotopic (exact) mass is 339 g/mol. The summed E-state index contributed by atoms with van der Waals surface area (Å²) in [6.07, 6.45) is 0. The van der Waals surface area contributed by atoms with Crippen molar-refractivity contribution in [3.8, 4) is 0 Å². The lowest BCUT2D eigenvalue weighted by Gasteiger charge is -2.14. The summed E-state index contributed by atoms with van der Waals surface area (Å²) >= 11 is 13.7. The van der Waals surface area contributed by atoms with E-state index in [4.69, 9.17) is 23.2 Å². The Labute approximate surface area is 138 Å². The second-order valence-electron chi connectivity index (χ2n) is 4.52. The predicted octanol–water partition coefficient (Wildman–Crippen LogP) is 5.25. The van der Waals surface area contributed by atoms with Gasteiger partial charge in [0.05, 0.1) is 21.0 Å². The summed E-state index contributed by atoms with van der Waals surface area (Å²) in [6.45, 7) is 1.87. The molecule has 0 aromatic heterocycles. The van der Waals surface area contributed by atoms with Crippen molar-refractivity contribution < 1.29 is 4.79 Å². The fraction of sp³-hybridized carbons (Fsp3) is 0.188. The van der Waals surface area contributed by atoms with Crippen LogP contribution >= 0.6 is 35.0 Å². The van der Waals surface area contributed by atoms with Crippen LogP contribution in [0.15, 0.2) is 48.5 Å². The molecule has 1 unspecified atom stereocenters. The van der Waals surface area contributed by atoms with Gasteiger partial charge in [-0.1, -0.05) is 59.6 Å². The third-order valence-corrected chi connectivity index (χ3v) is 4.77. The number of amides is 1. The Morgan fingerprint density at radius 3 is 2.33 bits per heavy atom. The summed E-state index contributed by atoms with van der Waals surface area (Å²) in [5.74, 6) is 0.678. The minimum atomic E-state index is -0.197. The predicted molar refractivity (Wildman–Crippen MR) is 92.3 cm³/mol. The number of anilines is 1. The average Bonchev–Trinajstić information content (AvgIpc) is 2.49. The van der Waals surface area contributed by atoms with Crippen LogP contribution in [-0.4, -0.2) is 11.2 Å². The van der Waals surface area contributed by atoms with Gasteiger partial charge in [0, 0.05) is 5.75 Å². The van der Waals surface area contributed by atoms with Crippen molar-refractivity contribution in [2.45, 2.75) is 17.9 Å². The maximum absolute atomic E-state index is 12.2. The molecule has 2 aromatic carbocycles. The molecule has 1 atom stereocenters. The van der Waals surface area contributed by atoms with Crippen molar-refractivity contribution in [2.24, 2.45) is 0 Å². The molecule has 1 N–H and O–H groups in total. The summed E-state index contributed by atoms with van der Waals surface area (Å²) in [5.41, 5.74) is 1.66. The Balaban J connectivity index is 1.94. The quantitative estimate of drug-likeness (QED) is 0.805. The molecule has 21 heavy (non-hydrogen) atoms. The Kier molecular flexibility index (Phi) is 5.97. The maximum Gasteiger partial charge on any atom is 0.237 e.